The lowest BCUT2D eigenvalue weighted by Crippen LogP contribution is -2.50. The minimum Gasteiger partial charge on any atom is -0.465 e. The number of hydrogen-bond donors (Lipinski definition) is 1. The number of benzene rings is 1. The maximum absolute atomic E-state index is 12.7. The molecule has 9 nitrogen and oxygen atoms in total. The summed E-state index contributed by atoms with van der Waals surface area (Å²) in [6.45, 7) is 5.36. The largest absolute Gasteiger partial charge is 0.465 e. The Hall–Kier alpha value is -2.50. The van der Waals surface area contributed by atoms with Crippen LogP contribution in [0.2, 0.25) is 0 Å². The molecule has 0 bridgehead atoms. The average Bonchev–Trinajstić information content (AvgIpc) is 3.06. The highest BCUT2D eigenvalue weighted by Gasteiger charge is 2.29. The maximum atomic E-state index is 12.7. The number of sulfonamides is 1. The Morgan fingerprint density at radius 1 is 1.20 bits per heavy atom. The lowest BCUT2D eigenvalue weighted by Gasteiger charge is -2.35. The van der Waals surface area contributed by atoms with E-state index in [0.29, 0.717) is 31.9 Å². The van der Waals surface area contributed by atoms with Crippen molar-refractivity contribution in [3.63, 3.8) is 0 Å². The van der Waals surface area contributed by atoms with Gasteiger partial charge in [0.25, 0.3) is 0 Å². The van der Waals surface area contributed by atoms with Gasteiger partial charge < -0.3 is 15.0 Å². The van der Waals surface area contributed by atoms with Crippen molar-refractivity contribution in [2.24, 2.45) is 0 Å². The van der Waals surface area contributed by atoms with Gasteiger partial charge in [-0.2, -0.15) is 4.31 Å². The molecule has 0 atom stereocenters. The zero-order valence-corrected chi connectivity index (χ0v) is 18.7. The highest BCUT2D eigenvalue weighted by Crippen LogP contribution is 2.23. The third-order valence-corrected chi connectivity index (χ3v) is 7.56. The van der Waals surface area contributed by atoms with Crippen LogP contribution >= 0.6 is 11.3 Å². The smallest absolute Gasteiger partial charge is 0.350 e. The molecule has 1 saturated heterocycles. The predicted octanol–water partition coefficient (Wildman–Crippen LogP) is 1.64. The average molecular weight is 453 g/mol. The molecule has 1 aliphatic heterocycles. The molecule has 0 radical (unpaired) electrons. The molecule has 1 aromatic heterocycles. The number of nitrogens with zero attached hydrogens (tertiary/aromatic N) is 3. The molecular formula is C19H24N4O5S2. The monoisotopic (exact) mass is 452 g/mol. The van der Waals surface area contributed by atoms with Crippen molar-refractivity contribution in [1.82, 2.24) is 9.29 Å². The van der Waals surface area contributed by atoms with Crippen LogP contribution in [0.3, 0.4) is 0 Å². The number of ether oxygens (including phenoxy) is 1. The first kappa shape index (κ1) is 22.2. The van der Waals surface area contributed by atoms with Crippen molar-refractivity contribution in [3.05, 3.63) is 40.4 Å². The predicted molar refractivity (Wildman–Crippen MR) is 116 cm³/mol. The molecule has 1 N–H and O–H groups in total. The van der Waals surface area contributed by atoms with E-state index in [9.17, 15) is 18.0 Å². The van der Waals surface area contributed by atoms with Gasteiger partial charge in [0.05, 0.1) is 12.8 Å². The maximum Gasteiger partial charge on any atom is 0.350 e. The lowest BCUT2D eigenvalue weighted by atomic mass is 10.2. The number of carbonyl (C=O) groups is 2. The summed E-state index contributed by atoms with van der Waals surface area (Å²) in [6.07, 6.45) is 0. The summed E-state index contributed by atoms with van der Waals surface area (Å²) in [7, 11) is -2.51. The van der Waals surface area contributed by atoms with E-state index < -0.39 is 27.7 Å². The highest BCUT2D eigenvalue weighted by molar-refractivity contribution is 7.89. The molecule has 2 heterocycles. The third-order valence-electron chi connectivity index (χ3n) is 4.73. The van der Waals surface area contributed by atoms with Gasteiger partial charge in [0, 0.05) is 31.9 Å². The number of nitrogens with one attached hydrogen (secondary N) is 1. The van der Waals surface area contributed by atoms with E-state index in [4.69, 9.17) is 0 Å². The van der Waals surface area contributed by atoms with Crippen LogP contribution in [0.5, 0.6) is 0 Å². The SMILES string of the molecule is COC(=O)c1sc(NC(=O)CS(=O)(=O)N2CCN(c3cccc(C)c3)CC2)nc1C. The Bertz CT molecular complexity index is 1040. The number of rotatable bonds is 6. The number of carbonyl (C=O) groups excluding carboxylic acids is 2. The molecule has 1 fully saturated rings. The molecule has 2 aromatic rings. The summed E-state index contributed by atoms with van der Waals surface area (Å²) < 4.78 is 31.3. The Balaban J connectivity index is 1.57. The first-order valence-electron chi connectivity index (χ1n) is 9.34. The quantitative estimate of drug-likeness (QED) is 0.664. The van der Waals surface area contributed by atoms with Gasteiger partial charge in [-0.1, -0.05) is 23.5 Å². The van der Waals surface area contributed by atoms with Gasteiger partial charge in [-0.05, 0) is 31.5 Å². The van der Waals surface area contributed by atoms with Crippen molar-refractivity contribution in [3.8, 4) is 0 Å². The second kappa shape index (κ2) is 9.11. The van der Waals surface area contributed by atoms with Crippen molar-refractivity contribution in [1.29, 1.82) is 0 Å². The molecule has 1 amide bonds. The van der Waals surface area contributed by atoms with E-state index in [0.717, 1.165) is 22.6 Å². The van der Waals surface area contributed by atoms with E-state index >= 15 is 0 Å². The molecule has 1 aliphatic rings. The van der Waals surface area contributed by atoms with Crippen LogP contribution in [-0.2, 0) is 19.6 Å². The lowest BCUT2D eigenvalue weighted by molar-refractivity contribution is -0.113. The number of aryl methyl sites for hydroxylation is 2. The molecule has 30 heavy (non-hydrogen) atoms. The molecule has 11 heteroatoms. The number of aromatic nitrogens is 1. The molecule has 0 unspecified atom stereocenters. The number of anilines is 2. The van der Waals surface area contributed by atoms with Crippen molar-refractivity contribution < 1.29 is 22.7 Å². The zero-order valence-electron chi connectivity index (χ0n) is 17.0. The van der Waals surface area contributed by atoms with Crippen molar-refractivity contribution >= 4 is 44.1 Å². The summed E-state index contributed by atoms with van der Waals surface area (Å²) in [5.74, 6) is -1.92. The minimum absolute atomic E-state index is 0.164. The normalized spacial score (nSPS) is 15.1. The first-order chi connectivity index (χ1) is 14.2. The van der Waals surface area contributed by atoms with E-state index in [1.54, 1.807) is 6.92 Å². The number of methoxy groups -OCH3 is 1. The Morgan fingerprint density at radius 2 is 1.90 bits per heavy atom. The third kappa shape index (κ3) is 5.15. The molecular weight excluding hydrogens is 428 g/mol. The van der Waals surface area contributed by atoms with Gasteiger partial charge in [0.2, 0.25) is 15.9 Å². The zero-order chi connectivity index (χ0) is 21.9. The van der Waals surface area contributed by atoms with Gasteiger partial charge in [-0.15, -0.1) is 0 Å². The fraction of sp³-hybridized carbons (Fsp3) is 0.421. The van der Waals surface area contributed by atoms with E-state index in [1.807, 2.05) is 25.1 Å². The van der Waals surface area contributed by atoms with Crippen molar-refractivity contribution in [2.75, 3.05) is 49.3 Å². The topological polar surface area (TPSA) is 109 Å². The summed E-state index contributed by atoms with van der Waals surface area (Å²) in [5, 5.41) is 2.63. The van der Waals surface area contributed by atoms with Crippen LogP contribution in [0.15, 0.2) is 24.3 Å². The standard InChI is InChI=1S/C19H24N4O5S2/c1-13-5-4-6-15(11-13)22-7-9-23(10-8-22)30(26,27)12-16(24)21-19-20-14(2)17(29-19)18(25)28-3/h4-6,11H,7-10,12H2,1-3H3,(H,20,21,24). The second-order valence-electron chi connectivity index (χ2n) is 6.95. The number of thiazole rings is 1. The van der Waals surface area contributed by atoms with Gasteiger partial charge in [0.15, 0.2) is 5.13 Å². The van der Waals surface area contributed by atoms with Gasteiger partial charge in [-0.3, -0.25) is 4.79 Å². The van der Waals surface area contributed by atoms with Crippen LogP contribution < -0.4 is 10.2 Å². The molecule has 3 rings (SSSR count). The number of hydrogen-bond acceptors (Lipinski definition) is 8. The number of esters is 1. The summed E-state index contributed by atoms with van der Waals surface area (Å²) >= 11 is 0.948. The molecule has 0 aliphatic carbocycles. The van der Waals surface area contributed by atoms with E-state index in [1.165, 1.54) is 11.4 Å². The van der Waals surface area contributed by atoms with Crippen molar-refractivity contribution in [2.45, 2.75) is 13.8 Å². The molecule has 1 aromatic carbocycles. The highest BCUT2D eigenvalue weighted by atomic mass is 32.2. The molecule has 0 spiro atoms. The number of amides is 1. The molecule has 162 valence electrons. The second-order valence-corrected chi connectivity index (χ2v) is 9.92. The van der Waals surface area contributed by atoms with Gasteiger partial charge in [0.1, 0.15) is 10.6 Å². The minimum atomic E-state index is -3.76. The van der Waals surface area contributed by atoms with Crippen LogP contribution in [0, 0.1) is 13.8 Å². The van der Waals surface area contributed by atoms with Crippen LogP contribution in [0.4, 0.5) is 10.8 Å². The fourth-order valence-electron chi connectivity index (χ4n) is 3.19. The molecule has 0 saturated carbocycles. The Morgan fingerprint density at radius 3 is 2.53 bits per heavy atom. The van der Waals surface area contributed by atoms with Crippen LogP contribution in [0.25, 0.3) is 0 Å². The summed E-state index contributed by atoms with van der Waals surface area (Å²) in [4.78, 5) is 30.4. The van der Waals surface area contributed by atoms with E-state index in [-0.39, 0.29) is 10.0 Å². The Labute approximate surface area is 179 Å². The number of piperazine rings is 1. The van der Waals surface area contributed by atoms with Crippen LogP contribution in [-0.4, -0.2) is 68.6 Å². The summed E-state index contributed by atoms with van der Waals surface area (Å²) in [5.41, 5.74) is 2.62. The summed E-state index contributed by atoms with van der Waals surface area (Å²) in [6, 6.07) is 8.06. The fourth-order valence-corrected chi connectivity index (χ4v) is 5.40. The van der Waals surface area contributed by atoms with Crippen LogP contribution in [0.1, 0.15) is 20.9 Å². The van der Waals surface area contributed by atoms with E-state index in [2.05, 4.69) is 26.0 Å². The van der Waals surface area contributed by atoms with Gasteiger partial charge in [-0.25, -0.2) is 18.2 Å². The first-order valence-corrected chi connectivity index (χ1v) is 11.8. The Kier molecular flexibility index (Phi) is 6.74. The van der Waals surface area contributed by atoms with Gasteiger partial charge >= 0.3 is 5.97 Å².